The first-order chi connectivity index (χ1) is 9.17. The molecule has 0 aliphatic heterocycles. The summed E-state index contributed by atoms with van der Waals surface area (Å²) in [5, 5.41) is 4.31. The third-order valence-electron chi connectivity index (χ3n) is 2.53. The van der Waals surface area contributed by atoms with Crippen molar-refractivity contribution >= 4 is 29.0 Å². The molecule has 3 nitrogen and oxygen atoms in total. The van der Waals surface area contributed by atoms with E-state index in [-0.39, 0.29) is 0 Å². The molecule has 0 spiro atoms. The van der Waals surface area contributed by atoms with E-state index in [4.69, 9.17) is 17.1 Å². The third kappa shape index (κ3) is 4.14. The molecule has 5 heteroatoms. The minimum absolute atomic E-state index is 0.669. The fourth-order valence-electron chi connectivity index (χ4n) is 1.68. The van der Waals surface area contributed by atoms with Crippen LogP contribution in [0.15, 0.2) is 47.2 Å². The van der Waals surface area contributed by atoms with E-state index < -0.39 is 0 Å². The van der Waals surface area contributed by atoms with Gasteiger partial charge in [-0.15, -0.1) is 11.3 Å². The van der Waals surface area contributed by atoms with Crippen molar-refractivity contribution in [3.05, 3.63) is 72.9 Å². The van der Waals surface area contributed by atoms with Crippen LogP contribution in [-0.4, -0.2) is 0 Å². The summed E-state index contributed by atoms with van der Waals surface area (Å²) in [6.45, 7) is 1.79. The first-order valence-electron chi connectivity index (χ1n) is 5.74. The molecule has 1 heterocycles. The van der Waals surface area contributed by atoms with Gasteiger partial charge in [-0.25, -0.2) is 0 Å². The predicted molar refractivity (Wildman–Crippen MR) is 81.4 cm³/mol. The largest absolute Gasteiger partial charge is 0.141 e. The highest BCUT2D eigenvalue weighted by molar-refractivity contribution is 7.12. The van der Waals surface area contributed by atoms with E-state index in [0.717, 1.165) is 16.3 Å². The average molecular weight is 290 g/mol. The van der Waals surface area contributed by atoms with E-state index in [9.17, 15) is 0 Å². The van der Waals surface area contributed by atoms with Crippen LogP contribution in [0.2, 0.25) is 5.02 Å². The van der Waals surface area contributed by atoms with Gasteiger partial charge in [0.25, 0.3) is 0 Å². The molecule has 2 rings (SSSR count). The number of thiophene rings is 1. The first kappa shape index (κ1) is 13.7. The van der Waals surface area contributed by atoms with E-state index >= 15 is 0 Å². The van der Waals surface area contributed by atoms with Crippen molar-refractivity contribution in [3.63, 3.8) is 0 Å². The van der Waals surface area contributed by atoms with E-state index in [1.807, 2.05) is 36.4 Å². The van der Waals surface area contributed by atoms with Crippen LogP contribution in [-0.2, 0) is 6.42 Å². The molecule has 0 aliphatic rings. The van der Waals surface area contributed by atoms with E-state index in [2.05, 4.69) is 16.1 Å². The van der Waals surface area contributed by atoms with Crippen molar-refractivity contribution < 1.29 is 0 Å². The maximum Gasteiger partial charge on any atom is 0.0406 e. The second-order valence-corrected chi connectivity index (χ2v) is 5.72. The maximum absolute atomic E-state index is 8.35. The number of halogens is 1. The van der Waals surface area contributed by atoms with Gasteiger partial charge in [0, 0.05) is 31.8 Å². The Balaban J connectivity index is 2.11. The second-order valence-electron chi connectivity index (χ2n) is 4.08. The topological polar surface area (TPSA) is 48.8 Å². The fourth-order valence-corrected chi connectivity index (χ4v) is 2.85. The number of allylic oxidation sites excluding steroid dienone is 1. The fraction of sp³-hybridized carbons (Fsp3) is 0.143. The van der Waals surface area contributed by atoms with Gasteiger partial charge in [-0.2, -0.15) is 0 Å². The smallest absolute Gasteiger partial charge is 0.0406 e. The molecular weight excluding hydrogens is 278 g/mol. The molecular formula is C14H12ClN3S. The average Bonchev–Trinajstić information content (AvgIpc) is 2.80. The summed E-state index contributed by atoms with van der Waals surface area (Å²) in [7, 11) is 0. The van der Waals surface area contributed by atoms with Crippen LogP contribution < -0.4 is 0 Å². The zero-order chi connectivity index (χ0) is 13.7. The van der Waals surface area contributed by atoms with Gasteiger partial charge in [-0.05, 0) is 48.4 Å². The van der Waals surface area contributed by atoms with Crippen LogP contribution in [0.25, 0.3) is 16.5 Å². The minimum atomic E-state index is 0.669. The molecule has 1 aromatic heterocycles. The standard InChI is InChI=1S/C14H12ClN3S/c1-10(17-18-16)8-13-6-7-14(19-13)9-11-2-4-12(15)5-3-11/h2-8H,9H2,1H3/b10-8-. The number of azide groups is 1. The summed E-state index contributed by atoms with van der Waals surface area (Å²) in [6.07, 6.45) is 2.77. The Morgan fingerprint density at radius 2 is 2.05 bits per heavy atom. The third-order valence-corrected chi connectivity index (χ3v) is 3.81. The van der Waals surface area contributed by atoms with E-state index in [1.165, 1.54) is 10.4 Å². The Morgan fingerprint density at radius 1 is 1.32 bits per heavy atom. The van der Waals surface area contributed by atoms with Crippen LogP contribution in [0, 0.1) is 0 Å². The molecule has 0 radical (unpaired) electrons. The van der Waals surface area contributed by atoms with Crippen LogP contribution in [0.1, 0.15) is 22.2 Å². The molecule has 0 bridgehead atoms. The molecule has 0 fully saturated rings. The Morgan fingerprint density at radius 3 is 2.74 bits per heavy atom. The summed E-state index contributed by atoms with van der Waals surface area (Å²) in [6, 6.07) is 12.0. The first-order valence-corrected chi connectivity index (χ1v) is 6.93. The number of hydrogen-bond acceptors (Lipinski definition) is 2. The van der Waals surface area contributed by atoms with Gasteiger partial charge in [0.2, 0.25) is 0 Å². The van der Waals surface area contributed by atoms with E-state index in [0.29, 0.717) is 5.70 Å². The molecule has 0 saturated heterocycles. The number of nitrogens with zero attached hydrogens (tertiary/aromatic N) is 3. The Labute approximate surface area is 120 Å². The van der Waals surface area contributed by atoms with Crippen LogP contribution in [0.3, 0.4) is 0 Å². The van der Waals surface area contributed by atoms with Gasteiger partial charge in [0.15, 0.2) is 0 Å². The van der Waals surface area contributed by atoms with Gasteiger partial charge in [0.1, 0.15) is 0 Å². The summed E-state index contributed by atoms with van der Waals surface area (Å²) in [4.78, 5) is 5.12. The lowest BCUT2D eigenvalue weighted by molar-refractivity contribution is 1.24. The highest BCUT2D eigenvalue weighted by Crippen LogP contribution is 2.23. The van der Waals surface area contributed by atoms with Gasteiger partial charge in [0.05, 0.1) is 0 Å². The van der Waals surface area contributed by atoms with Gasteiger partial charge in [-0.3, -0.25) is 0 Å². The quantitative estimate of drug-likeness (QED) is 0.396. The van der Waals surface area contributed by atoms with Crippen molar-refractivity contribution in [2.75, 3.05) is 0 Å². The molecule has 0 aliphatic carbocycles. The molecule has 0 atom stereocenters. The highest BCUT2D eigenvalue weighted by atomic mass is 35.5. The summed E-state index contributed by atoms with van der Waals surface area (Å²) in [5.41, 5.74) is 10.2. The molecule has 0 saturated carbocycles. The van der Waals surface area contributed by atoms with Crippen LogP contribution in [0.4, 0.5) is 0 Å². The second kappa shape index (κ2) is 6.43. The predicted octanol–water partition coefficient (Wildman–Crippen LogP) is 5.66. The summed E-state index contributed by atoms with van der Waals surface area (Å²) >= 11 is 7.55. The highest BCUT2D eigenvalue weighted by Gasteiger charge is 2.00. The molecule has 0 unspecified atom stereocenters. The summed E-state index contributed by atoms with van der Waals surface area (Å²) in [5.74, 6) is 0. The molecule has 19 heavy (non-hydrogen) atoms. The monoisotopic (exact) mass is 289 g/mol. The Bertz CT molecular complexity index is 637. The molecule has 0 amide bonds. The van der Waals surface area contributed by atoms with Gasteiger partial charge >= 0.3 is 0 Å². The van der Waals surface area contributed by atoms with Crippen LogP contribution >= 0.6 is 22.9 Å². The number of hydrogen-bond donors (Lipinski definition) is 0. The lowest BCUT2D eigenvalue weighted by atomic mass is 10.1. The number of rotatable bonds is 4. The van der Waals surface area contributed by atoms with Crippen molar-refractivity contribution in [1.29, 1.82) is 0 Å². The van der Waals surface area contributed by atoms with Crippen molar-refractivity contribution in [2.24, 2.45) is 5.11 Å². The molecule has 2 aromatic rings. The zero-order valence-corrected chi connectivity index (χ0v) is 11.9. The lowest BCUT2D eigenvalue weighted by Crippen LogP contribution is -1.82. The van der Waals surface area contributed by atoms with Crippen molar-refractivity contribution in [2.45, 2.75) is 13.3 Å². The van der Waals surface area contributed by atoms with Crippen molar-refractivity contribution in [1.82, 2.24) is 0 Å². The molecule has 96 valence electrons. The van der Waals surface area contributed by atoms with Crippen molar-refractivity contribution in [3.8, 4) is 0 Å². The van der Waals surface area contributed by atoms with Gasteiger partial charge < -0.3 is 0 Å². The normalized spacial score (nSPS) is 11.2. The maximum atomic E-state index is 8.35. The van der Waals surface area contributed by atoms with Gasteiger partial charge in [-0.1, -0.05) is 28.8 Å². The Kier molecular flexibility index (Phi) is 4.63. The minimum Gasteiger partial charge on any atom is -0.141 e. The lowest BCUT2D eigenvalue weighted by Gasteiger charge is -1.98. The SMILES string of the molecule is C/C(=C/c1ccc(Cc2ccc(Cl)cc2)s1)N=[N+]=[N-]. The number of benzene rings is 1. The Hall–Kier alpha value is -1.74. The van der Waals surface area contributed by atoms with Crippen LogP contribution in [0.5, 0.6) is 0 Å². The molecule has 0 N–H and O–H groups in total. The van der Waals surface area contributed by atoms with E-state index in [1.54, 1.807) is 18.3 Å². The zero-order valence-electron chi connectivity index (χ0n) is 10.4. The summed E-state index contributed by atoms with van der Waals surface area (Å²) < 4.78 is 0. The molecule has 1 aromatic carbocycles.